The molecule has 26 heavy (non-hydrogen) atoms. The highest BCUT2D eigenvalue weighted by atomic mass is 127. The summed E-state index contributed by atoms with van der Waals surface area (Å²) in [6, 6.07) is 0. The molecule has 0 aromatic carbocycles. The average Bonchev–Trinajstić information content (AvgIpc) is 3.37. The van der Waals surface area contributed by atoms with Crippen LogP contribution in [0, 0.1) is 59.2 Å². The van der Waals surface area contributed by atoms with Crippen molar-refractivity contribution in [3.05, 3.63) is 0 Å². The number of rotatable bonds is 4. The smallest absolute Gasteiger partial charge is 0.293 e. The summed E-state index contributed by atoms with van der Waals surface area (Å²) < 4.78 is 12.6. The molecule has 4 nitrogen and oxygen atoms in total. The van der Waals surface area contributed by atoms with E-state index in [1.807, 2.05) is 0 Å². The first-order valence-electron chi connectivity index (χ1n) is 10.2. The van der Waals surface area contributed by atoms with Gasteiger partial charge in [0.15, 0.2) is 0 Å². The zero-order chi connectivity index (χ0) is 17.7. The summed E-state index contributed by atoms with van der Waals surface area (Å²) in [6.07, 6.45) is 4.91. The molecule has 0 heterocycles. The van der Waals surface area contributed by atoms with Crippen molar-refractivity contribution in [3.63, 3.8) is 0 Å². The fourth-order valence-corrected chi connectivity index (χ4v) is 13.3. The predicted octanol–water partition coefficient (Wildman–Crippen LogP) is 3.48. The molecule has 14 atom stereocenters. The predicted molar refractivity (Wildman–Crippen MR) is 111 cm³/mol. The second kappa shape index (κ2) is 5.95. The summed E-state index contributed by atoms with van der Waals surface area (Å²) in [7, 11) is 0. The number of carbonyl (C=O) groups is 2. The molecule has 0 bridgehead atoms. The number of hydrogen-bond donors (Lipinski definition) is 0. The number of hydrogen-bond acceptors (Lipinski definition) is 4. The van der Waals surface area contributed by atoms with Gasteiger partial charge < -0.3 is 9.47 Å². The minimum atomic E-state index is 0.164. The molecule has 0 unspecified atom stereocenters. The van der Waals surface area contributed by atoms with Gasteiger partial charge in [0.25, 0.3) is 12.9 Å². The Kier molecular flexibility index (Phi) is 3.96. The van der Waals surface area contributed by atoms with Crippen LogP contribution in [0.15, 0.2) is 0 Å². The Morgan fingerprint density at radius 1 is 0.577 bits per heavy atom. The molecule has 0 N–H and O–H groups in total. The number of carbonyl (C=O) groups excluding carboxylic acids is 2. The average molecular weight is 582 g/mol. The largest absolute Gasteiger partial charge is 0.464 e. The summed E-state index contributed by atoms with van der Waals surface area (Å²) >= 11 is 5.53. The third kappa shape index (κ3) is 1.88. The van der Waals surface area contributed by atoms with Crippen LogP contribution in [0.4, 0.5) is 0 Å². The summed E-state index contributed by atoms with van der Waals surface area (Å²) in [5.74, 6) is 7.39. The lowest BCUT2D eigenvalue weighted by Gasteiger charge is -2.33. The molecule has 6 aliphatic carbocycles. The van der Waals surface area contributed by atoms with Crippen LogP contribution in [0.25, 0.3) is 0 Å². The fraction of sp³-hybridized carbons (Fsp3) is 0.900. The Balaban J connectivity index is 1.40. The van der Waals surface area contributed by atoms with Gasteiger partial charge in [0.2, 0.25) is 0 Å². The van der Waals surface area contributed by atoms with Gasteiger partial charge >= 0.3 is 0 Å². The third-order valence-electron chi connectivity index (χ3n) is 9.45. The molecule has 6 saturated carbocycles. The minimum absolute atomic E-state index is 0.164. The van der Waals surface area contributed by atoms with Crippen molar-refractivity contribution in [1.29, 1.82) is 0 Å². The molecule has 6 heteroatoms. The van der Waals surface area contributed by atoms with Crippen molar-refractivity contribution >= 4 is 58.1 Å². The van der Waals surface area contributed by atoms with Gasteiger partial charge in [-0.25, -0.2) is 0 Å². The van der Waals surface area contributed by atoms with Gasteiger partial charge in [-0.3, -0.25) is 9.59 Å². The maximum atomic E-state index is 11.1. The first-order chi connectivity index (χ1) is 12.7. The Morgan fingerprint density at radius 3 is 1.38 bits per heavy atom. The molecule has 0 aromatic heterocycles. The molecule has 142 valence electrons. The van der Waals surface area contributed by atoms with Crippen molar-refractivity contribution in [2.24, 2.45) is 59.2 Å². The van der Waals surface area contributed by atoms with Gasteiger partial charge in [-0.15, -0.1) is 0 Å². The van der Waals surface area contributed by atoms with E-state index in [4.69, 9.17) is 9.47 Å². The van der Waals surface area contributed by atoms with Gasteiger partial charge in [-0.2, -0.15) is 0 Å². The summed E-state index contributed by atoms with van der Waals surface area (Å²) in [5.41, 5.74) is 0. The van der Waals surface area contributed by atoms with Crippen LogP contribution in [0.1, 0.15) is 25.7 Å². The SMILES string of the molecule is O=CO[C@H]1CC[C@@H]2[C@@H]3[C@@H](I)[C@H]4[C@@H]5[C@H]3[C@@H]([C@H](I)[C@@H]5[C@@H]3CC[C@@H](OC=O)[C@@H]34)[C@H]21. The molecule has 0 amide bonds. The lowest BCUT2D eigenvalue weighted by molar-refractivity contribution is -0.137. The van der Waals surface area contributed by atoms with E-state index >= 15 is 0 Å². The topological polar surface area (TPSA) is 52.6 Å². The van der Waals surface area contributed by atoms with Gasteiger partial charge in [-0.05, 0) is 73.0 Å². The van der Waals surface area contributed by atoms with Crippen LogP contribution >= 0.6 is 45.2 Å². The van der Waals surface area contributed by atoms with E-state index in [1.165, 1.54) is 12.8 Å². The van der Waals surface area contributed by atoms with Crippen LogP contribution in [0.3, 0.4) is 0 Å². The number of ether oxygens (including phenoxy) is 2. The van der Waals surface area contributed by atoms with E-state index < -0.39 is 0 Å². The normalized spacial score (nSPS) is 63.5. The maximum Gasteiger partial charge on any atom is 0.293 e. The molecule has 0 aliphatic heterocycles. The van der Waals surface area contributed by atoms with Crippen LogP contribution in [0.2, 0.25) is 0 Å². The first-order valence-corrected chi connectivity index (χ1v) is 12.6. The van der Waals surface area contributed by atoms with E-state index in [2.05, 4.69) is 45.2 Å². The van der Waals surface area contributed by atoms with E-state index in [0.717, 1.165) is 60.2 Å². The Labute approximate surface area is 181 Å². The van der Waals surface area contributed by atoms with E-state index in [0.29, 0.717) is 32.6 Å². The van der Waals surface area contributed by atoms with Gasteiger partial charge in [0.05, 0.1) is 0 Å². The Morgan fingerprint density at radius 2 is 1.00 bits per heavy atom. The lowest BCUT2D eigenvalue weighted by atomic mass is 9.79. The van der Waals surface area contributed by atoms with Crippen LogP contribution < -0.4 is 0 Å². The second-order valence-corrected chi connectivity index (χ2v) is 12.4. The molecule has 0 spiro atoms. The van der Waals surface area contributed by atoms with Crippen LogP contribution in [0.5, 0.6) is 0 Å². The molecule has 6 fully saturated rings. The Hall–Kier alpha value is 0.400. The summed E-state index contributed by atoms with van der Waals surface area (Å²) in [6.45, 7) is 1.38. The molecule has 0 saturated heterocycles. The molecule has 0 aromatic rings. The van der Waals surface area contributed by atoms with Crippen LogP contribution in [-0.4, -0.2) is 33.0 Å². The quantitative estimate of drug-likeness (QED) is 0.290. The molecular formula is C20H24I2O4. The van der Waals surface area contributed by atoms with Crippen molar-refractivity contribution < 1.29 is 19.1 Å². The van der Waals surface area contributed by atoms with Crippen LogP contribution in [-0.2, 0) is 19.1 Å². The Bertz CT molecular complexity index is 589. The van der Waals surface area contributed by atoms with Crippen molar-refractivity contribution in [3.8, 4) is 0 Å². The van der Waals surface area contributed by atoms with Gasteiger partial charge in [0, 0.05) is 19.7 Å². The number of halogens is 2. The van der Waals surface area contributed by atoms with Gasteiger partial charge in [-0.1, -0.05) is 45.2 Å². The number of fused-ring (bicyclic) bond motifs is 6. The molecule has 0 radical (unpaired) electrons. The molecule has 6 aliphatic rings. The molecule has 6 rings (SSSR count). The minimum Gasteiger partial charge on any atom is -0.464 e. The second-order valence-electron chi connectivity index (χ2n) is 9.53. The highest BCUT2D eigenvalue weighted by molar-refractivity contribution is 14.1. The van der Waals surface area contributed by atoms with Gasteiger partial charge in [0.1, 0.15) is 12.2 Å². The highest BCUT2D eigenvalue weighted by Gasteiger charge is 2.77. The molecular weight excluding hydrogens is 558 g/mol. The van der Waals surface area contributed by atoms with E-state index in [-0.39, 0.29) is 12.2 Å². The monoisotopic (exact) mass is 582 g/mol. The van der Waals surface area contributed by atoms with E-state index in [1.54, 1.807) is 0 Å². The highest BCUT2D eigenvalue weighted by Crippen LogP contribution is 2.78. The van der Waals surface area contributed by atoms with E-state index in [9.17, 15) is 9.59 Å². The zero-order valence-corrected chi connectivity index (χ0v) is 18.8. The fourth-order valence-electron chi connectivity index (χ4n) is 9.34. The third-order valence-corrected chi connectivity index (χ3v) is 12.8. The summed E-state index contributed by atoms with van der Waals surface area (Å²) in [4.78, 5) is 22.1. The zero-order valence-electron chi connectivity index (χ0n) is 14.5. The van der Waals surface area contributed by atoms with Crippen molar-refractivity contribution in [1.82, 2.24) is 0 Å². The standard InChI is InChI=1S/C20H24I2O4/c21-19-13-7-1-3-9(25-5-23)11(7)17-15(13)16-14(20(17)22)8-2-4-10(26-6-24)12(8)18(16)19/h5-20H,1-4H2/t7-,8+,9-,10+,11-,12-,13-,14+,15+,16+,17-,18+,19-,20-/m1/s1. The lowest BCUT2D eigenvalue weighted by Crippen LogP contribution is -2.35. The maximum absolute atomic E-state index is 11.1. The van der Waals surface area contributed by atoms with Crippen molar-refractivity contribution in [2.75, 3.05) is 0 Å². The summed E-state index contributed by atoms with van der Waals surface area (Å²) in [5, 5.41) is 0. The number of alkyl halides is 2. The first kappa shape index (κ1) is 17.3. The van der Waals surface area contributed by atoms with Crippen molar-refractivity contribution in [2.45, 2.75) is 45.7 Å².